The summed E-state index contributed by atoms with van der Waals surface area (Å²) in [5.74, 6) is 2.13. The maximum Gasteiger partial charge on any atom is 0.194 e. The molecular weight excluding hydrogens is 296 g/mol. The second-order valence-electron chi connectivity index (χ2n) is 6.03. The Hall–Kier alpha value is -1.73. The molecule has 1 unspecified atom stereocenters. The summed E-state index contributed by atoms with van der Waals surface area (Å²) in [6.07, 6.45) is 4.29. The molecule has 0 saturated heterocycles. The second kappa shape index (κ2) is 5.17. The number of hydrogen-bond donors (Lipinski definition) is 1. The second-order valence-corrected chi connectivity index (χ2v) is 7.24. The van der Waals surface area contributed by atoms with E-state index in [4.69, 9.17) is 0 Å². The molecule has 4 heterocycles. The summed E-state index contributed by atoms with van der Waals surface area (Å²) in [6.45, 7) is 8.05. The van der Waals surface area contributed by atoms with Crippen LogP contribution in [-0.2, 0) is 19.5 Å². The van der Waals surface area contributed by atoms with E-state index in [1.807, 2.05) is 6.92 Å². The number of rotatable bonds is 3. The molecule has 0 spiro atoms. The van der Waals surface area contributed by atoms with Crippen LogP contribution in [0.15, 0.2) is 6.20 Å². The van der Waals surface area contributed by atoms with Gasteiger partial charge in [-0.05, 0) is 27.2 Å². The quantitative estimate of drug-likeness (QED) is 0.803. The van der Waals surface area contributed by atoms with Crippen molar-refractivity contribution >= 4 is 16.3 Å². The molecule has 1 N–H and O–H groups in total. The molecule has 6 nitrogen and oxygen atoms in total. The molecule has 0 amide bonds. The molecule has 1 aliphatic rings. The summed E-state index contributed by atoms with van der Waals surface area (Å²) in [5, 5.41) is 12.1. The average Bonchev–Trinajstić information content (AvgIpc) is 3.11. The van der Waals surface area contributed by atoms with Crippen LogP contribution in [0.5, 0.6) is 0 Å². The molecule has 0 fully saturated rings. The third-order valence-electron chi connectivity index (χ3n) is 4.43. The Balaban J connectivity index is 1.50. The van der Waals surface area contributed by atoms with Crippen LogP contribution in [0.25, 0.3) is 4.96 Å². The lowest BCUT2D eigenvalue weighted by Crippen LogP contribution is -2.37. The standard InChI is InChI=1S/C15H20N6S/c1-9-7-21-13(10(2)17-15(21)22-9)6-16-12-4-5-14-19-18-11(3)20(14)8-12/h7,12,16H,4-6,8H2,1-3H3. The first-order chi connectivity index (χ1) is 10.6. The third kappa shape index (κ3) is 2.24. The first-order valence-electron chi connectivity index (χ1n) is 7.68. The summed E-state index contributed by atoms with van der Waals surface area (Å²) >= 11 is 1.75. The van der Waals surface area contributed by atoms with Gasteiger partial charge in [-0.3, -0.25) is 4.40 Å². The van der Waals surface area contributed by atoms with E-state index in [1.165, 1.54) is 10.6 Å². The van der Waals surface area contributed by atoms with E-state index >= 15 is 0 Å². The van der Waals surface area contributed by atoms with Gasteiger partial charge in [0, 0.05) is 36.6 Å². The van der Waals surface area contributed by atoms with Gasteiger partial charge in [-0.15, -0.1) is 21.5 Å². The number of hydrogen-bond acceptors (Lipinski definition) is 5. The van der Waals surface area contributed by atoms with Crippen LogP contribution in [0.1, 0.15) is 34.3 Å². The van der Waals surface area contributed by atoms with Crippen molar-refractivity contribution in [2.75, 3.05) is 0 Å². The fraction of sp³-hybridized carbons (Fsp3) is 0.533. The highest BCUT2D eigenvalue weighted by Crippen LogP contribution is 2.21. The van der Waals surface area contributed by atoms with Crippen molar-refractivity contribution < 1.29 is 0 Å². The minimum Gasteiger partial charge on any atom is -0.314 e. The number of thiazole rings is 1. The van der Waals surface area contributed by atoms with Crippen molar-refractivity contribution in [1.29, 1.82) is 0 Å². The Morgan fingerprint density at radius 2 is 2.18 bits per heavy atom. The summed E-state index contributed by atoms with van der Waals surface area (Å²) < 4.78 is 4.45. The van der Waals surface area contributed by atoms with Gasteiger partial charge in [0.15, 0.2) is 4.96 Å². The van der Waals surface area contributed by atoms with E-state index in [0.29, 0.717) is 6.04 Å². The number of nitrogens with one attached hydrogen (secondary N) is 1. The summed E-state index contributed by atoms with van der Waals surface area (Å²) in [5.41, 5.74) is 2.39. The average molecular weight is 316 g/mol. The molecular formula is C15H20N6S. The lowest BCUT2D eigenvalue weighted by atomic mass is 10.1. The van der Waals surface area contributed by atoms with Crippen molar-refractivity contribution in [3.8, 4) is 0 Å². The van der Waals surface area contributed by atoms with Gasteiger partial charge in [-0.1, -0.05) is 0 Å². The third-order valence-corrected chi connectivity index (χ3v) is 5.33. The van der Waals surface area contributed by atoms with Gasteiger partial charge in [-0.25, -0.2) is 4.98 Å². The topological polar surface area (TPSA) is 60.0 Å². The predicted molar refractivity (Wildman–Crippen MR) is 86.3 cm³/mol. The van der Waals surface area contributed by atoms with Crippen LogP contribution in [0.2, 0.25) is 0 Å². The van der Waals surface area contributed by atoms with Gasteiger partial charge >= 0.3 is 0 Å². The van der Waals surface area contributed by atoms with Crippen molar-refractivity contribution in [3.63, 3.8) is 0 Å². The maximum absolute atomic E-state index is 4.66. The molecule has 0 radical (unpaired) electrons. The molecule has 0 bridgehead atoms. The smallest absolute Gasteiger partial charge is 0.194 e. The van der Waals surface area contributed by atoms with Crippen LogP contribution in [0.3, 0.4) is 0 Å². The summed E-state index contributed by atoms with van der Waals surface area (Å²) in [6, 6.07) is 0.465. The molecule has 3 aromatic rings. The Bertz CT molecular complexity index is 827. The zero-order valence-corrected chi connectivity index (χ0v) is 13.9. The van der Waals surface area contributed by atoms with Crippen molar-refractivity contribution in [1.82, 2.24) is 29.5 Å². The molecule has 0 aromatic carbocycles. The number of aryl methyl sites for hydroxylation is 4. The largest absolute Gasteiger partial charge is 0.314 e. The minimum atomic E-state index is 0.465. The fourth-order valence-corrected chi connectivity index (χ4v) is 4.08. The van der Waals surface area contributed by atoms with Gasteiger partial charge in [0.05, 0.1) is 11.4 Å². The predicted octanol–water partition coefficient (Wildman–Crippen LogP) is 2.02. The fourth-order valence-electron chi connectivity index (χ4n) is 3.19. The Morgan fingerprint density at radius 1 is 1.32 bits per heavy atom. The maximum atomic E-state index is 4.66. The minimum absolute atomic E-state index is 0.465. The Labute approximate surface area is 133 Å². The zero-order valence-electron chi connectivity index (χ0n) is 13.1. The van der Waals surface area contributed by atoms with E-state index in [0.717, 1.165) is 48.2 Å². The lowest BCUT2D eigenvalue weighted by molar-refractivity contribution is 0.373. The van der Waals surface area contributed by atoms with Crippen molar-refractivity contribution in [3.05, 3.63) is 34.1 Å². The van der Waals surface area contributed by atoms with Crippen LogP contribution in [0, 0.1) is 20.8 Å². The number of aromatic nitrogens is 5. The molecule has 3 aromatic heterocycles. The van der Waals surface area contributed by atoms with E-state index in [-0.39, 0.29) is 0 Å². The molecule has 1 atom stereocenters. The molecule has 4 rings (SSSR count). The monoisotopic (exact) mass is 316 g/mol. The van der Waals surface area contributed by atoms with Crippen LogP contribution < -0.4 is 5.32 Å². The summed E-state index contributed by atoms with van der Waals surface area (Å²) in [7, 11) is 0. The molecule has 116 valence electrons. The highest BCUT2D eigenvalue weighted by Gasteiger charge is 2.21. The number of fused-ring (bicyclic) bond motifs is 2. The van der Waals surface area contributed by atoms with Crippen LogP contribution >= 0.6 is 11.3 Å². The first-order valence-corrected chi connectivity index (χ1v) is 8.49. The van der Waals surface area contributed by atoms with Gasteiger partial charge < -0.3 is 9.88 Å². The zero-order chi connectivity index (χ0) is 15.3. The van der Waals surface area contributed by atoms with E-state index in [2.05, 4.69) is 49.5 Å². The van der Waals surface area contributed by atoms with Crippen molar-refractivity contribution in [2.24, 2.45) is 0 Å². The molecule has 22 heavy (non-hydrogen) atoms. The Morgan fingerprint density at radius 3 is 3.05 bits per heavy atom. The lowest BCUT2D eigenvalue weighted by Gasteiger charge is -2.25. The highest BCUT2D eigenvalue weighted by molar-refractivity contribution is 7.17. The molecule has 0 aliphatic carbocycles. The molecule has 7 heteroatoms. The summed E-state index contributed by atoms with van der Waals surface area (Å²) in [4.78, 5) is 7.04. The van der Waals surface area contributed by atoms with Crippen LogP contribution in [-0.4, -0.2) is 30.2 Å². The van der Waals surface area contributed by atoms with E-state index in [9.17, 15) is 0 Å². The molecule has 1 aliphatic heterocycles. The highest BCUT2D eigenvalue weighted by atomic mass is 32.1. The first kappa shape index (κ1) is 13.9. The van der Waals surface area contributed by atoms with Gasteiger partial charge in [-0.2, -0.15) is 0 Å². The van der Waals surface area contributed by atoms with E-state index < -0.39 is 0 Å². The number of imidazole rings is 1. The van der Waals surface area contributed by atoms with Gasteiger partial charge in [0.25, 0.3) is 0 Å². The van der Waals surface area contributed by atoms with Crippen molar-refractivity contribution in [2.45, 2.75) is 52.7 Å². The van der Waals surface area contributed by atoms with Gasteiger partial charge in [0.2, 0.25) is 0 Å². The normalized spacial score (nSPS) is 18.0. The Kier molecular flexibility index (Phi) is 3.27. The molecule has 0 saturated carbocycles. The van der Waals surface area contributed by atoms with Gasteiger partial charge in [0.1, 0.15) is 11.6 Å². The van der Waals surface area contributed by atoms with Crippen LogP contribution in [0.4, 0.5) is 0 Å². The SMILES string of the molecule is Cc1cn2c(CNC3CCc4nnc(C)n4C3)c(C)nc2s1. The van der Waals surface area contributed by atoms with E-state index in [1.54, 1.807) is 11.3 Å². The number of nitrogens with zero attached hydrogens (tertiary/aromatic N) is 5.